The second-order valence-corrected chi connectivity index (χ2v) is 4.41. The Hall–Kier alpha value is -1.30. The molecule has 2 unspecified atom stereocenters. The van der Waals surface area contributed by atoms with Crippen LogP contribution >= 0.6 is 0 Å². The van der Waals surface area contributed by atoms with Crippen LogP contribution in [0.3, 0.4) is 0 Å². The molecular formula is C10H19N3O3. The number of nitrogens with one attached hydrogen (secondary N) is 1. The minimum Gasteiger partial charge on any atom is -0.480 e. The lowest BCUT2D eigenvalue weighted by Crippen LogP contribution is -2.56. The molecule has 0 aromatic rings. The molecule has 0 radical (unpaired) electrons. The summed E-state index contributed by atoms with van der Waals surface area (Å²) in [6.45, 7) is 2.37. The van der Waals surface area contributed by atoms with Crippen molar-refractivity contribution < 1.29 is 14.7 Å². The van der Waals surface area contributed by atoms with Crippen LogP contribution in [0.4, 0.5) is 4.79 Å². The number of piperidine rings is 1. The molecule has 0 aromatic heterocycles. The Labute approximate surface area is 95.2 Å². The Kier molecular flexibility index (Phi) is 4.12. The number of hydrogen-bond acceptors (Lipinski definition) is 3. The molecule has 2 amide bonds. The molecule has 0 aromatic carbocycles. The number of rotatable bonds is 2. The van der Waals surface area contributed by atoms with E-state index in [-0.39, 0.29) is 11.9 Å². The SMILES string of the molecule is CC1CCCN(C(=O)NN(C)C)C1C(=O)O. The van der Waals surface area contributed by atoms with Crippen LogP contribution in [0.1, 0.15) is 19.8 Å². The van der Waals surface area contributed by atoms with Crippen LogP contribution < -0.4 is 5.43 Å². The predicted molar refractivity (Wildman–Crippen MR) is 58.7 cm³/mol. The van der Waals surface area contributed by atoms with E-state index < -0.39 is 12.0 Å². The fraction of sp³-hybridized carbons (Fsp3) is 0.800. The van der Waals surface area contributed by atoms with Crippen LogP contribution in [0.2, 0.25) is 0 Å². The van der Waals surface area contributed by atoms with E-state index in [0.717, 1.165) is 12.8 Å². The van der Waals surface area contributed by atoms with E-state index in [2.05, 4.69) is 5.43 Å². The van der Waals surface area contributed by atoms with Gasteiger partial charge in [-0.2, -0.15) is 0 Å². The van der Waals surface area contributed by atoms with Crippen molar-refractivity contribution in [3.8, 4) is 0 Å². The monoisotopic (exact) mass is 229 g/mol. The summed E-state index contributed by atoms with van der Waals surface area (Å²) in [7, 11) is 3.39. The van der Waals surface area contributed by atoms with Crippen LogP contribution in [0, 0.1) is 5.92 Å². The van der Waals surface area contributed by atoms with Gasteiger partial charge < -0.3 is 10.0 Å². The Morgan fingerprint density at radius 2 is 2.06 bits per heavy atom. The van der Waals surface area contributed by atoms with Gasteiger partial charge in [-0.1, -0.05) is 6.92 Å². The number of amides is 2. The van der Waals surface area contributed by atoms with Crippen molar-refractivity contribution in [1.29, 1.82) is 0 Å². The van der Waals surface area contributed by atoms with E-state index in [4.69, 9.17) is 5.11 Å². The highest BCUT2D eigenvalue weighted by atomic mass is 16.4. The van der Waals surface area contributed by atoms with Crippen molar-refractivity contribution in [2.75, 3.05) is 20.6 Å². The third kappa shape index (κ3) is 2.85. The molecule has 0 spiro atoms. The highest BCUT2D eigenvalue weighted by Crippen LogP contribution is 2.23. The summed E-state index contributed by atoms with van der Waals surface area (Å²) in [5, 5.41) is 10.6. The molecule has 1 aliphatic rings. The number of carbonyl (C=O) groups is 2. The Morgan fingerprint density at radius 3 is 2.56 bits per heavy atom. The van der Waals surface area contributed by atoms with Gasteiger partial charge in [0.25, 0.3) is 0 Å². The van der Waals surface area contributed by atoms with Gasteiger partial charge in [-0.25, -0.2) is 14.6 Å². The lowest BCUT2D eigenvalue weighted by Gasteiger charge is -2.37. The van der Waals surface area contributed by atoms with Gasteiger partial charge in [0.05, 0.1) is 0 Å². The van der Waals surface area contributed by atoms with E-state index in [1.165, 1.54) is 9.91 Å². The molecule has 0 saturated carbocycles. The summed E-state index contributed by atoms with van der Waals surface area (Å²) in [4.78, 5) is 24.3. The molecule has 0 aliphatic carbocycles. The zero-order chi connectivity index (χ0) is 12.3. The largest absolute Gasteiger partial charge is 0.480 e. The maximum Gasteiger partial charge on any atom is 0.332 e. The van der Waals surface area contributed by atoms with Gasteiger partial charge in [0.2, 0.25) is 0 Å². The Morgan fingerprint density at radius 1 is 1.44 bits per heavy atom. The van der Waals surface area contributed by atoms with Gasteiger partial charge in [-0.15, -0.1) is 0 Å². The number of nitrogens with zero attached hydrogens (tertiary/aromatic N) is 2. The summed E-state index contributed by atoms with van der Waals surface area (Å²) in [6, 6.07) is -1.06. The fourth-order valence-electron chi connectivity index (χ4n) is 2.05. The summed E-state index contributed by atoms with van der Waals surface area (Å²) < 4.78 is 0. The van der Waals surface area contributed by atoms with Gasteiger partial charge in [-0.3, -0.25) is 5.43 Å². The molecule has 1 heterocycles. The number of hydrazine groups is 1. The van der Waals surface area contributed by atoms with E-state index in [9.17, 15) is 9.59 Å². The standard InChI is InChI=1S/C10H19N3O3/c1-7-5-4-6-13(8(7)9(14)15)10(16)11-12(2)3/h7-8H,4-6H2,1-3H3,(H,11,16)(H,14,15). The average Bonchev–Trinajstić information content (AvgIpc) is 2.15. The van der Waals surface area contributed by atoms with Gasteiger partial charge in [0, 0.05) is 20.6 Å². The second kappa shape index (κ2) is 5.16. The topological polar surface area (TPSA) is 72.9 Å². The zero-order valence-electron chi connectivity index (χ0n) is 9.93. The molecular weight excluding hydrogens is 210 g/mol. The predicted octanol–water partition coefficient (Wildman–Crippen LogP) is 0.358. The number of carboxylic acids is 1. The van der Waals surface area contributed by atoms with E-state index >= 15 is 0 Å². The van der Waals surface area contributed by atoms with Crippen molar-refractivity contribution in [2.24, 2.45) is 5.92 Å². The summed E-state index contributed by atoms with van der Waals surface area (Å²) in [5.74, 6) is -0.930. The fourth-order valence-corrected chi connectivity index (χ4v) is 2.05. The van der Waals surface area contributed by atoms with Crippen LogP contribution in [-0.4, -0.2) is 53.7 Å². The minimum atomic E-state index is -0.930. The summed E-state index contributed by atoms with van der Waals surface area (Å²) >= 11 is 0. The molecule has 6 nitrogen and oxygen atoms in total. The Bertz CT molecular complexity index is 280. The van der Waals surface area contributed by atoms with Gasteiger partial charge in [-0.05, 0) is 18.8 Å². The quantitative estimate of drug-likeness (QED) is 0.670. The van der Waals surface area contributed by atoms with Gasteiger partial charge in [0.15, 0.2) is 0 Å². The number of urea groups is 1. The van der Waals surface area contributed by atoms with E-state index in [1.54, 1.807) is 14.1 Å². The molecule has 1 aliphatic heterocycles. The molecule has 2 N–H and O–H groups in total. The van der Waals surface area contributed by atoms with E-state index in [0.29, 0.717) is 6.54 Å². The normalized spacial score (nSPS) is 25.6. The highest BCUT2D eigenvalue weighted by molar-refractivity contribution is 5.82. The molecule has 6 heteroatoms. The third-order valence-corrected chi connectivity index (χ3v) is 2.77. The maximum absolute atomic E-state index is 11.8. The average molecular weight is 229 g/mol. The number of likely N-dealkylation sites (tertiary alicyclic amines) is 1. The second-order valence-electron chi connectivity index (χ2n) is 4.41. The van der Waals surface area contributed by atoms with Crippen molar-refractivity contribution in [1.82, 2.24) is 15.3 Å². The lowest BCUT2D eigenvalue weighted by atomic mass is 9.91. The molecule has 0 bridgehead atoms. The van der Waals surface area contributed by atoms with Crippen LogP contribution in [-0.2, 0) is 4.79 Å². The highest BCUT2D eigenvalue weighted by Gasteiger charge is 2.37. The first kappa shape index (κ1) is 12.8. The number of carbonyl (C=O) groups excluding carboxylic acids is 1. The van der Waals surface area contributed by atoms with Gasteiger partial charge >= 0.3 is 12.0 Å². The van der Waals surface area contributed by atoms with Crippen molar-refractivity contribution >= 4 is 12.0 Å². The maximum atomic E-state index is 11.8. The van der Waals surface area contributed by atoms with Crippen LogP contribution in [0.25, 0.3) is 0 Å². The molecule has 1 rings (SSSR count). The van der Waals surface area contributed by atoms with Crippen molar-refractivity contribution in [3.05, 3.63) is 0 Å². The minimum absolute atomic E-state index is 0.000776. The van der Waals surface area contributed by atoms with Crippen LogP contribution in [0.15, 0.2) is 0 Å². The summed E-state index contributed by atoms with van der Waals surface area (Å²) in [6.07, 6.45) is 1.70. The van der Waals surface area contributed by atoms with Crippen molar-refractivity contribution in [2.45, 2.75) is 25.8 Å². The molecule has 1 fully saturated rings. The number of carboxylic acid groups (broad SMARTS) is 1. The number of hydrogen-bond donors (Lipinski definition) is 2. The third-order valence-electron chi connectivity index (χ3n) is 2.77. The van der Waals surface area contributed by atoms with Crippen LogP contribution in [0.5, 0.6) is 0 Å². The molecule has 1 saturated heterocycles. The van der Waals surface area contributed by atoms with Gasteiger partial charge in [0.1, 0.15) is 6.04 Å². The van der Waals surface area contributed by atoms with Crippen molar-refractivity contribution in [3.63, 3.8) is 0 Å². The first-order valence-electron chi connectivity index (χ1n) is 5.41. The zero-order valence-corrected chi connectivity index (χ0v) is 9.93. The first-order chi connectivity index (χ1) is 7.43. The number of aliphatic carboxylic acids is 1. The van der Waals surface area contributed by atoms with E-state index in [1.807, 2.05) is 6.92 Å². The first-order valence-corrected chi connectivity index (χ1v) is 5.41. The molecule has 2 atom stereocenters. The summed E-state index contributed by atoms with van der Waals surface area (Å²) in [5.41, 5.74) is 2.57. The lowest BCUT2D eigenvalue weighted by molar-refractivity contribution is -0.145. The smallest absolute Gasteiger partial charge is 0.332 e. The molecule has 92 valence electrons. The molecule has 16 heavy (non-hydrogen) atoms. The Balaban J connectivity index is 2.75.